The number of hydrogen-bond donors (Lipinski definition) is 1. The average Bonchev–Trinajstić information content (AvgIpc) is 2.89. The lowest BCUT2D eigenvalue weighted by Crippen LogP contribution is -2.40. The van der Waals surface area contributed by atoms with E-state index < -0.39 is 0 Å². The summed E-state index contributed by atoms with van der Waals surface area (Å²) in [6.07, 6.45) is 5.35. The first-order valence-electron chi connectivity index (χ1n) is 6.70. The Morgan fingerprint density at radius 3 is 3.15 bits per heavy atom. The molecule has 104 valence electrons. The van der Waals surface area contributed by atoms with Crippen LogP contribution in [-0.2, 0) is 13.0 Å². The normalized spacial score (nSPS) is 17.6. The number of rotatable bonds is 2. The van der Waals surface area contributed by atoms with Crippen LogP contribution in [-0.4, -0.2) is 21.5 Å². The van der Waals surface area contributed by atoms with E-state index in [-0.39, 0.29) is 17.8 Å². The number of imidazole rings is 1. The van der Waals surface area contributed by atoms with Crippen molar-refractivity contribution in [3.63, 3.8) is 0 Å². The first-order chi connectivity index (χ1) is 9.63. The monoisotopic (exact) mass is 273 g/mol. The summed E-state index contributed by atoms with van der Waals surface area (Å²) >= 11 is 0. The predicted molar refractivity (Wildman–Crippen MR) is 72.9 cm³/mol. The Balaban J connectivity index is 1.69. The lowest BCUT2D eigenvalue weighted by atomic mass is 10.0. The van der Waals surface area contributed by atoms with Crippen LogP contribution >= 0.6 is 0 Å². The van der Waals surface area contributed by atoms with E-state index in [2.05, 4.69) is 14.9 Å². The van der Waals surface area contributed by atoms with Gasteiger partial charge in [-0.3, -0.25) is 4.79 Å². The highest BCUT2D eigenvalue weighted by Gasteiger charge is 2.21. The van der Waals surface area contributed by atoms with Crippen LogP contribution in [0.4, 0.5) is 4.39 Å². The molecule has 20 heavy (non-hydrogen) atoms. The van der Waals surface area contributed by atoms with Crippen molar-refractivity contribution in [2.75, 3.05) is 0 Å². The Kier molecular flexibility index (Phi) is 3.26. The summed E-state index contributed by atoms with van der Waals surface area (Å²) in [5.74, 6) is 0.552. The Bertz CT molecular complexity index is 650. The van der Waals surface area contributed by atoms with Crippen molar-refractivity contribution in [1.82, 2.24) is 14.9 Å². The third-order valence-corrected chi connectivity index (χ3v) is 3.70. The largest absolute Gasteiger partial charge is 0.349 e. The first-order valence-corrected chi connectivity index (χ1v) is 6.70. The van der Waals surface area contributed by atoms with Gasteiger partial charge in [-0.15, -0.1) is 0 Å². The van der Waals surface area contributed by atoms with Gasteiger partial charge in [-0.25, -0.2) is 9.37 Å². The number of amides is 1. The minimum Gasteiger partial charge on any atom is -0.349 e. The fourth-order valence-electron chi connectivity index (χ4n) is 2.53. The highest BCUT2D eigenvalue weighted by atomic mass is 19.1. The van der Waals surface area contributed by atoms with E-state index in [4.69, 9.17) is 0 Å². The highest BCUT2D eigenvalue weighted by molar-refractivity contribution is 5.94. The van der Waals surface area contributed by atoms with Gasteiger partial charge in [-0.2, -0.15) is 0 Å². The van der Waals surface area contributed by atoms with Crippen molar-refractivity contribution in [3.05, 3.63) is 53.4 Å². The van der Waals surface area contributed by atoms with Crippen molar-refractivity contribution in [2.45, 2.75) is 32.4 Å². The van der Waals surface area contributed by atoms with Gasteiger partial charge < -0.3 is 9.88 Å². The van der Waals surface area contributed by atoms with Crippen LogP contribution in [0.1, 0.15) is 28.2 Å². The van der Waals surface area contributed by atoms with E-state index in [0.717, 1.165) is 25.2 Å². The molecule has 2 heterocycles. The Morgan fingerprint density at radius 1 is 1.50 bits per heavy atom. The Morgan fingerprint density at radius 2 is 2.35 bits per heavy atom. The number of hydrogen-bond acceptors (Lipinski definition) is 2. The van der Waals surface area contributed by atoms with Crippen LogP contribution in [0.3, 0.4) is 0 Å². The maximum Gasteiger partial charge on any atom is 0.251 e. The number of benzene rings is 1. The minimum absolute atomic E-state index is 0.0859. The Hall–Kier alpha value is -2.17. The molecule has 1 atom stereocenters. The molecule has 1 aliphatic rings. The lowest BCUT2D eigenvalue weighted by Gasteiger charge is -2.24. The van der Waals surface area contributed by atoms with Gasteiger partial charge in [0.2, 0.25) is 0 Å². The lowest BCUT2D eigenvalue weighted by molar-refractivity contribution is 0.0930. The fraction of sp³-hybridized carbons (Fsp3) is 0.333. The second-order valence-corrected chi connectivity index (χ2v) is 5.16. The molecule has 4 nitrogen and oxygen atoms in total. The fourth-order valence-corrected chi connectivity index (χ4v) is 2.53. The van der Waals surface area contributed by atoms with Crippen molar-refractivity contribution < 1.29 is 9.18 Å². The summed E-state index contributed by atoms with van der Waals surface area (Å²) in [4.78, 5) is 16.4. The second kappa shape index (κ2) is 5.07. The molecule has 1 aliphatic heterocycles. The zero-order valence-electron chi connectivity index (χ0n) is 11.3. The summed E-state index contributed by atoms with van der Waals surface area (Å²) < 4.78 is 15.3. The molecular weight excluding hydrogens is 257 g/mol. The molecule has 3 rings (SSSR count). The molecule has 1 N–H and O–H groups in total. The van der Waals surface area contributed by atoms with Crippen LogP contribution in [0.25, 0.3) is 0 Å². The van der Waals surface area contributed by atoms with Crippen LogP contribution < -0.4 is 5.32 Å². The molecule has 0 saturated carbocycles. The molecular formula is C15H16FN3O. The summed E-state index contributed by atoms with van der Waals surface area (Å²) in [6, 6.07) is 4.51. The quantitative estimate of drug-likeness (QED) is 0.910. The Labute approximate surface area is 116 Å². The zero-order valence-corrected chi connectivity index (χ0v) is 11.3. The van der Waals surface area contributed by atoms with Crippen molar-refractivity contribution in [2.24, 2.45) is 0 Å². The van der Waals surface area contributed by atoms with Crippen LogP contribution in [0.2, 0.25) is 0 Å². The zero-order chi connectivity index (χ0) is 14.1. The van der Waals surface area contributed by atoms with Crippen molar-refractivity contribution in [3.8, 4) is 0 Å². The highest BCUT2D eigenvalue weighted by Crippen LogP contribution is 2.14. The number of aryl methyl sites for hydroxylation is 2. The van der Waals surface area contributed by atoms with Gasteiger partial charge in [0.15, 0.2) is 0 Å². The summed E-state index contributed by atoms with van der Waals surface area (Å²) in [7, 11) is 0. The maximum atomic E-state index is 13.2. The molecule has 5 heteroatoms. The smallest absolute Gasteiger partial charge is 0.251 e. The standard InChI is InChI=1S/C15H16FN3O/c1-10-8-11(2-3-13(10)16)15(20)18-12-4-6-19-7-5-17-14(19)9-12/h2-3,5,7-8,12H,4,6,9H2,1H3,(H,18,20). The SMILES string of the molecule is Cc1cc(C(=O)NC2CCn3ccnc3C2)ccc1F. The van der Waals surface area contributed by atoms with Gasteiger partial charge in [-0.1, -0.05) is 0 Å². The molecule has 0 bridgehead atoms. The molecule has 1 unspecified atom stereocenters. The topological polar surface area (TPSA) is 46.9 Å². The number of nitrogens with zero attached hydrogens (tertiary/aromatic N) is 2. The van der Waals surface area contributed by atoms with Crippen LogP contribution in [0.5, 0.6) is 0 Å². The summed E-state index contributed by atoms with van der Waals surface area (Å²) in [5.41, 5.74) is 0.981. The van der Waals surface area contributed by atoms with Crippen LogP contribution in [0.15, 0.2) is 30.6 Å². The minimum atomic E-state index is -0.291. The molecule has 1 amide bonds. The van der Waals surface area contributed by atoms with Gasteiger partial charge in [0.25, 0.3) is 5.91 Å². The van der Waals surface area contributed by atoms with Gasteiger partial charge in [0.1, 0.15) is 11.6 Å². The van der Waals surface area contributed by atoms with E-state index in [0.29, 0.717) is 11.1 Å². The number of aromatic nitrogens is 2. The molecule has 0 radical (unpaired) electrons. The third kappa shape index (κ3) is 2.43. The number of fused-ring (bicyclic) bond motifs is 1. The summed E-state index contributed by atoms with van der Waals surface area (Å²) in [5, 5.41) is 3.00. The number of nitrogens with one attached hydrogen (secondary N) is 1. The maximum absolute atomic E-state index is 13.2. The molecule has 0 saturated heterocycles. The van der Waals surface area contributed by atoms with Crippen molar-refractivity contribution in [1.29, 1.82) is 0 Å². The van der Waals surface area contributed by atoms with Gasteiger partial charge in [-0.05, 0) is 37.1 Å². The van der Waals surface area contributed by atoms with E-state index in [1.807, 2.05) is 6.20 Å². The third-order valence-electron chi connectivity index (χ3n) is 3.70. The average molecular weight is 273 g/mol. The second-order valence-electron chi connectivity index (χ2n) is 5.16. The first kappa shape index (κ1) is 12.8. The van der Waals surface area contributed by atoms with Crippen LogP contribution in [0, 0.1) is 12.7 Å². The van der Waals surface area contributed by atoms with E-state index in [1.54, 1.807) is 19.2 Å². The number of carbonyl (C=O) groups excluding carboxylic acids is 1. The molecule has 0 fully saturated rings. The molecule has 1 aromatic heterocycles. The van der Waals surface area contributed by atoms with E-state index in [1.165, 1.54) is 12.1 Å². The molecule has 1 aromatic carbocycles. The molecule has 2 aromatic rings. The number of halogens is 1. The van der Waals surface area contributed by atoms with Gasteiger partial charge >= 0.3 is 0 Å². The van der Waals surface area contributed by atoms with E-state index in [9.17, 15) is 9.18 Å². The van der Waals surface area contributed by atoms with Crippen molar-refractivity contribution >= 4 is 5.91 Å². The molecule has 0 aliphatic carbocycles. The molecule has 0 spiro atoms. The predicted octanol–water partition coefficient (Wildman–Crippen LogP) is 2.08. The van der Waals surface area contributed by atoms with Gasteiger partial charge in [0.05, 0.1) is 0 Å². The van der Waals surface area contributed by atoms with Gasteiger partial charge in [0, 0.05) is 37.0 Å². The van der Waals surface area contributed by atoms with E-state index >= 15 is 0 Å². The number of carbonyl (C=O) groups is 1. The summed E-state index contributed by atoms with van der Waals surface area (Å²) in [6.45, 7) is 2.52.